The number of nitrogens with one attached hydrogen (secondary N) is 1. The minimum Gasteiger partial charge on any atom is -0.469 e. The summed E-state index contributed by atoms with van der Waals surface area (Å²) in [7, 11) is -2.67. The molecule has 2 rings (SSSR count). The molecule has 1 fully saturated rings. The highest BCUT2D eigenvalue weighted by Crippen LogP contribution is 2.24. The molecule has 0 unspecified atom stereocenters. The Hall–Kier alpha value is -1.55. The van der Waals surface area contributed by atoms with Crippen molar-refractivity contribution < 1.29 is 32.2 Å². The van der Waals surface area contributed by atoms with E-state index in [9.17, 15) is 22.7 Å². The summed E-state index contributed by atoms with van der Waals surface area (Å²) >= 11 is 0. The number of halogens is 1. The number of carbonyl (C=O) groups excluding carboxylic acids is 1. The topological polar surface area (TPSA) is 102 Å². The van der Waals surface area contributed by atoms with Crippen molar-refractivity contribution in [2.24, 2.45) is 0 Å². The van der Waals surface area contributed by atoms with Gasteiger partial charge in [-0.3, -0.25) is 4.79 Å². The van der Waals surface area contributed by atoms with Gasteiger partial charge in [-0.25, -0.2) is 17.5 Å². The van der Waals surface area contributed by atoms with Crippen LogP contribution < -0.4 is 4.72 Å². The first kappa shape index (κ1) is 18.8. The lowest BCUT2D eigenvalue weighted by Gasteiger charge is -2.35. The Morgan fingerprint density at radius 3 is 2.83 bits per heavy atom. The summed E-state index contributed by atoms with van der Waals surface area (Å²) in [5.41, 5.74) is 0. The van der Waals surface area contributed by atoms with Gasteiger partial charge < -0.3 is 14.6 Å². The summed E-state index contributed by atoms with van der Waals surface area (Å²) < 4.78 is 50.5. The van der Waals surface area contributed by atoms with Crippen molar-refractivity contribution in [2.75, 3.05) is 13.7 Å². The first-order valence-electron chi connectivity index (χ1n) is 7.46. The van der Waals surface area contributed by atoms with Crippen LogP contribution in [0.25, 0.3) is 0 Å². The zero-order valence-corrected chi connectivity index (χ0v) is 14.0. The van der Waals surface area contributed by atoms with Gasteiger partial charge in [-0.2, -0.15) is 0 Å². The molecular formula is C15H20FNO6S. The maximum atomic E-state index is 13.2. The fraction of sp³-hybridized carbons (Fsp3) is 0.533. The van der Waals surface area contributed by atoms with E-state index in [4.69, 9.17) is 4.74 Å². The molecule has 7 nitrogen and oxygen atoms in total. The maximum absolute atomic E-state index is 13.2. The van der Waals surface area contributed by atoms with Crippen LogP contribution in [0.3, 0.4) is 0 Å². The number of hydrogen-bond acceptors (Lipinski definition) is 6. The van der Waals surface area contributed by atoms with Crippen LogP contribution in [0.5, 0.6) is 0 Å². The molecule has 24 heavy (non-hydrogen) atoms. The molecule has 9 heteroatoms. The molecule has 1 aromatic carbocycles. The largest absolute Gasteiger partial charge is 0.469 e. The summed E-state index contributed by atoms with van der Waals surface area (Å²) in [6, 6.07) is 3.98. The van der Waals surface area contributed by atoms with Gasteiger partial charge in [0.1, 0.15) is 5.82 Å². The molecule has 0 amide bonds. The first-order chi connectivity index (χ1) is 11.4. The van der Waals surface area contributed by atoms with Crippen LogP contribution in [0.1, 0.15) is 19.3 Å². The maximum Gasteiger partial charge on any atom is 0.308 e. The standard InChI is InChI=1S/C15H20FNO6S/c1-22-15(19)8-11-5-6-13(14(9-18)23-11)17-24(20,21)12-4-2-3-10(16)7-12/h2-4,7,11,13-14,17-18H,5-6,8-9H2,1H3/t11-,13-,14+/m0/s1. The van der Waals surface area contributed by atoms with E-state index < -0.39 is 46.7 Å². The lowest BCUT2D eigenvalue weighted by atomic mass is 9.98. The van der Waals surface area contributed by atoms with Crippen molar-refractivity contribution in [1.82, 2.24) is 4.72 Å². The fourth-order valence-electron chi connectivity index (χ4n) is 2.59. The van der Waals surface area contributed by atoms with Gasteiger partial charge in [-0.1, -0.05) is 6.07 Å². The third-order valence-electron chi connectivity index (χ3n) is 3.83. The summed E-state index contributed by atoms with van der Waals surface area (Å²) in [4.78, 5) is 11.1. The van der Waals surface area contributed by atoms with Gasteiger partial charge in [-0.15, -0.1) is 0 Å². The molecule has 0 radical (unpaired) electrons. The second-order valence-electron chi connectivity index (χ2n) is 5.52. The van der Waals surface area contributed by atoms with Crippen molar-refractivity contribution >= 4 is 16.0 Å². The number of methoxy groups -OCH3 is 1. The second kappa shape index (κ2) is 8.02. The SMILES string of the molecule is COC(=O)C[C@@H]1CC[C@H](NS(=O)(=O)c2cccc(F)c2)[C@@H](CO)O1. The second-order valence-corrected chi connectivity index (χ2v) is 7.24. The lowest BCUT2D eigenvalue weighted by Crippen LogP contribution is -2.51. The number of benzene rings is 1. The molecule has 2 N–H and O–H groups in total. The number of esters is 1. The molecule has 1 heterocycles. The van der Waals surface area contributed by atoms with E-state index in [1.807, 2.05) is 0 Å². The Morgan fingerprint density at radius 2 is 2.21 bits per heavy atom. The summed E-state index contributed by atoms with van der Waals surface area (Å²) in [6.45, 7) is -0.409. The molecule has 0 spiro atoms. The predicted molar refractivity (Wildman–Crippen MR) is 82.1 cm³/mol. The van der Waals surface area contributed by atoms with Crippen LogP contribution in [0.2, 0.25) is 0 Å². The molecule has 0 aliphatic carbocycles. The van der Waals surface area contributed by atoms with Gasteiger partial charge in [0.15, 0.2) is 0 Å². The Labute approximate surface area is 139 Å². The minimum absolute atomic E-state index is 0.0381. The van der Waals surface area contributed by atoms with E-state index in [-0.39, 0.29) is 11.3 Å². The molecule has 0 saturated carbocycles. The molecule has 0 aromatic heterocycles. The highest BCUT2D eigenvalue weighted by atomic mass is 32.2. The highest BCUT2D eigenvalue weighted by Gasteiger charge is 2.34. The smallest absolute Gasteiger partial charge is 0.308 e. The lowest BCUT2D eigenvalue weighted by molar-refractivity contribution is -0.149. The summed E-state index contributed by atoms with van der Waals surface area (Å²) in [5.74, 6) is -1.09. The summed E-state index contributed by atoms with van der Waals surface area (Å²) in [6.07, 6.45) is -0.388. The zero-order valence-electron chi connectivity index (χ0n) is 13.1. The van der Waals surface area contributed by atoms with Gasteiger partial charge in [0, 0.05) is 0 Å². The Kier molecular flexibility index (Phi) is 6.27. The monoisotopic (exact) mass is 361 g/mol. The number of aliphatic hydroxyl groups excluding tert-OH is 1. The minimum atomic E-state index is -3.94. The zero-order chi connectivity index (χ0) is 17.7. The Bertz CT molecular complexity index is 680. The van der Waals surface area contributed by atoms with E-state index in [0.717, 1.165) is 12.1 Å². The number of aliphatic hydroxyl groups is 1. The van der Waals surface area contributed by atoms with E-state index in [1.165, 1.54) is 19.2 Å². The van der Waals surface area contributed by atoms with E-state index >= 15 is 0 Å². The van der Waals surface area contributed by atoms with Gasteiger partial charge in [0.2, 0.25) is 10.0 Å². The predicted octanol–water partition coefficient (Wildman–Crippen LogP) is 0.576. The normalized spacial score (nSPS) is 24.5. The Morgan fingerprint density at radius 1 is 1.46 bits per heavy atom. The van der Waals surface area contributed by atoms with Crippen LogP contribution >= 0.6 is 0 Å². The van der Waals surface area contributed by atoms with Crippen molar-refractivity contribution in [1.29, 1.82) is 0 Å². The quantitative estimate of drug-likeness (QED) is 0.719. The molecular weight excluding hydrogens is 341 g/mol. The number of rotatable bonds is 6. The van der Waals surface area contributed by atoms with Gasteiger partial charge in [0.25, 0.3) is 0 Å². The number of ether oxygens (including phenoxy) is 2. The first-order valence-corrected chi connectivity index (χ1v) is 8.95. The number of hydrogen-bond donors (Lipinski definition) is 2. The van der Waals surface area contributed by atoms with Gasteiger partial charge in [-0.05, 0) is 31.0 Å². The van der Waals surface area contributed by atoms with Crippen LogP contribution in [0.15, 0.2) is 29.2 Å². The third kappa shape index (κ3) is 4.73. The average Bonchev–Trinajstić information content (AvgIpc) is 2.55. The molecule has 3 atom stereocenters. The molecule has 0 bridgehead atoms. The van der Waals surface area contributed by atoms with E-state index in [1.54, 1.807) is 0 Å². The molecule has 1 aliphatic rings. The van der Waals surface area contributed by atoms with Crippen LogP contribution in [0, 0.1) is 5.82 Å². The third-order valence-corrected chi connectivity index (χ3v) is 5.32. The van der Waals surface area contributed by atoms with Gasteiger partial charge >= 0.3 is 5.97 Å². The fourth-order valence-corrected chi connectivity index (χ4v) is 3.92. The van der Waals surface area contributed by atoms with Crippen LogP contribution in [-0.2, 0) is 24.3 Å². The van der Waals surface area contributed by atoms with Crippen molar-refractivity contribution in [2.45, 2.75) is 42.4 Å². The van der Waals surface area contributed by atoms with Crippen molar-refractivity contribution in [3.63, 3.8) is 0 Å². The molecule has 1 aliphatic heterocycles. The van der Waals surface area contributed by atoms with Crippen molar-refractivity contribution in [3.05, 3.63) is 30.1 Å². The number of carbonyl (C=O) groups is 1. The van der Waals surface area contributed by atoms with Crippen LogP contribution in [0.4, 0.5) is 4.39 Å². The number of sulfonamides is 1. The average molecular weight is 361 g/mol. The van der Waals surface area contributed by atoms with Crippen molar-refractivity contribution in [3.8, 4) is 0 Å². The highest BCUT2D eigenvalue weighted by molar-refractivity contribution is 7.89. The van der Waals surface area contributed by atoms with Crippen LogP contribution in [-0.4, -0.2) is 51.5 Å². The molecule has 134 valence electrons. The van der Waals surface area contributed by atoms with E-state index in [2.05, 4.69) is 9.46 Å². The molecule has 1 aromatic rings. The Balaban J connectivity index is 2.05. The molecule has 1 saturated heterocycles. The summed E-state index contributed by atoms with van der Waals surface area (Å²) in [5, 5.41) is 9.45. The van der Waals surface area contributed by atoms with E-state index in [0.29, 0.717) is 12.8 Å². The van der Waals surface area contributed by atoms with Gasteiger partial charge in [0.05, 0.1) is 43.3 Å².